The lowest BCUT2D eigenvalue weighted by Gasteiger charge is -2.14. The second-order valence-corrected chi connectivity index (χ2v) is 11.9. The van der Waals surface area contributed by atoms with E-state index in [1.807, 2.05) is 0 Å². The van der Waals surface area contributed by atoms with E-state index >= 15 is 0 Å². The van der Waals surface area contributed by atoms with E-state index in [1.54, 1.807) is 0 Å². The standard InChI is InChI=1S/C38H46N2O2/c1-3-5-7-9-11-17-23-41-32-25-27-26-33(42-24-18-12-10-8-6-4-2)36-29-20-14-16-22-31(29)40-38(36)34(27)37-35(32)28-19-13-15-21-30(28)39-37/h13-16,19-22,25-26,39-40H,3-12,17-18,23-24H2,1-2H3. The number of benzene rings is 4. The van der Waals surface area contributed by atoms with E-state index in [-0.39, 0.29) is 0 Å². The van der Waals surface area contributed by atoms with Crippen LogP contribution in [0.15, 0.2) is 60.7 Å². The van der Waals surface area contributed by atoms with E-state index in [0.717, 1.165) is 65.0 Å². The minimum absolute atomic E-state index is 0.738. The number of para-hydroxylation sites is 2. The maximum atomic E-state index is 6.59. The van der Waals surface area contributed by atoms with Gasteiger partial charge in [0.05, 0.1) is 35.0 Å². The summed E-state index contributed by atoms with van der Waals surface area (Å²) in [7, 11) is 0. The van der Waals surface area contributed by atoms with Crippen LogP contribution in [0.1, 0.15) is 90.9 Å². The maximum Gasteiger partial charge on any atom is 0.129 e. The maximum absolute atomic E-state index is 6.59. The summed E-state index contributed by atoms with van der Waals surface area (Å²) in [5, 5.41) is 7.10. The highest BCUT2D eigenvalue weighted by Gasteiger charge is 2.20. The summed E-state index contributed by atoms with van der Waals surface area (Å²) in [6, 6.07) is 21.7. The normalized spacial score (nSPS) is 12.0. The Balaban J connectivity index is 1.41. The first-order valence-corrected chi connectivity index (χ1v) is 16.5. The molecule has 220 valence electrons. The summed E-state index contributed by atoms with van der Waals surface area (Å²) >= 11 is 0. The zero-order chi connectivity index (χ0) is 28.7. The Bertz CT molecular complexity index is 1650. The first-order chi connectivity index (χ1) is 20.8. The minimum atomic E-state index is 0.738. The molecule has 0 bridgehead atoms. The van der Waals surface area contributed by atoms with E-state index < -0.39 is 0 Å². The van der Waals surface area contributed by atoms with Crippen molar-refractivity contribution in [2.45, 2.75) is 90.9 Å². The molecule has 2 aromatic heterocycles. The number of aromatic nitrogens is 2. The number of rotatable bonds is 16. The van der Waals surface area contributed by atoms with Gasteiger partial charge in [0.1, 0.15) is 11.5 Å². The molecule has 0 saturated carbocycles. The van der Waals surface area contributed by atoms with Gasteiger partial charge in [-0.2, -0.15) is 0 Å². The number of nitrogens with one attached hydrogen (secondary N) is 2. The van der Waals surface area contributed by atoms with Crippen molar-refractivity contribution in [3.8, 4) is 11.5 Å². The second-order valence-electron chi connectivity index (χ2n) is 11.9. The number of fused-ring (bicyclic) bond motifs is 9. The van der Waals surface area contributed by atoms with E-state index in [9.17, 15) is 0 Å². The topological polar surface area (TPSA) is 50.0 Å². The van der Waals surface area contributed by atoms with E-state index in [4.69, 9.17) is 9.47 Å². The third-order valence-corrected chi connectivity index (χ3v) is 8.78. The van der Waals surface area contributed by atoms with Crippen LogP contribution in [-0.4, -0.2) is 23.2 Å². The zero-order valence-electron chi connectivity index (χ0n) is 25.5. The molecule has 0 unspecified atom stereocenters. The number of hydrogen-bond acceptors (Lipinski definition) is 2. The molecule has 0 atom stereocenters. The summed E-state index contributed by atoms with van der Waals surface area (Å²) in [6.45, 7) is 6.01. The fourth-order valence-corrected chi connectivity index (χ4v) is 6.55. The SMILES string of the molecule is CCCCCCCCOc1cc2cc(OCCCCCCCC)c3c4ccccc4[nH]c3c2c2[nH]c3ccccc3c12. The Morgan fingerprint density at radius 3 is 1.40 bits per heavy atom. The van der Waals surface area contributed by atoms with Gasteiger partial charge in [-0.05, 0) is 42.5 Å². The van der Waals surface area contributed by atoms with Gasteiger partial charge >= 0.3 is 0 Å². The minimum Gasteiger partial charge on any atom is -0.493 e. The van der Waals surface area contributed by atoms with Gasteiger partial charge < -0.3 is 19.4 Å². The predicted molar refractivity (Wildman–Crippen MR) is 180 cm³/mol. The summed E-state index contributed by atoms with van der Waals surface area (Å²) in [5.41, 5.74) is 4.53. The Labute approximate surface area is 249 Å². The Morgan fingerprint density at radius 1 is 0.500 bits per heavy atom. The monoisotopic (exact) mass is 562 g/mol. The lowest BCUT2D eigenvalue weighted by Crippen LogP contribution is -2.00. The predicted octanol–water partition coefficient (Wildman–Crippen LogP) is 11.6. The fourth-order valence-electron chi connectivity index (χ4n) is 6.55. The highest BCUT2D eigenvalue weighted by atomic mass is 16.5. The van der Waals surface area contributed by atoms with E-state index in [0.29, 0.717) is 0 Å². The summed E-state index contributed by atoms with van der Waals surface area (Å²) in [6.07, 6.45) is 15.0. The molecule has 6 rings (SSSR count). The van der Waals surface area contributed by atoms with Crippen molar-refractivity contribution < 1.29 is 9.47 Å². The van der Waals surface area contributed by atoms with E-state index in [1.165, 1.54) is 91.1 Å². The number of ether oxygens (including phenoxy) is 2. The van der Waals surface area contributed by atoms with Gasteiger partial charge in [-0.1, -0.05) is 114 Å². The molecule has 6 aromatic rings. The van der Waals surface area contributed by atoms with Crippen molar-refractivity contribution in [1.82, 2.24) is 9.97 Å². The van der Waals surface area contributed by atoms with Crippen LogP contribution in [0, 0.1) is 0 Å². The largest absolute Gasteiger partial charge is 0.493 e. The third-order valence-electron chi connectivity index (χ3n) is 8.78. The molecular formula is C38H46N2O2. The lowest BCUT2D eigenvalue weighted by molar-refractivity contribution is 0.307. The van der Waals surface area contributed by atoms with Gasteiger partial charge in [0.15, 0.2) is 0 Å². The van der Waals surface area contributed by atoms with Gasteiger partial charge in [-0.15, -0.1) is 0 Å². The molecule has 0 aliphatic heterocycles. The molecule has 0 saturated heterocycles. The van der Waals surface area contributed by atoms with Crippen molar-refractivity contribution in [1.29, 1.82) is 0 Å². The van der Waals surface area contributed by atoms with Crippen molar-refractivity contribution in [3.05, 3.63) is 60.7 Å². The molecule has 0 radical (unpaired) electrons. The van der Waals surface area contributed by atoms with Gasteiger partial charge in [-0.3, -0.25) is 0 Å². The fraction of sp³-hybridized carbons (Fsp3) is 0.421. The molecule has 0 spiro atoms. The molecule has 0 fully saturated rings. The quantitative estimate of drug-likeness (QED) is 0.115. The number of unbranched alkanes of at least 4 members (excludes halogenated alkanes) is 10. The lowest BCUT2D eigenvalue weighted by atomic mass is 10.0. The van der Waals surface area contributed by atoms with E-state index in [2.05, 4.69) is 84.5 Å². The van der Waals surface area contributed by atoms with Crippen molar-refractivity contribution in [3.63, 3.8) is 0 Å². The number of H-pyrrole nitrogens is 2. The van der Waals surface area contributed by atoms with Crippen molar-refractivity contribution in [2.24, 2.45) is 0 Å². The molecule has 4 aromatic carbocycles. The van der Waals surface area contributed by atoms with Crippen LogP contribution in [-0.2, 0) is 0 Å². The first-order valence-electron chi connectivity index (χ1n) is 16.5. The van der Waals surface area contributed by atoms with Gasteiger partial charge in [0, 0.05) is 27.2 Å². The third kappa shape index (κ3) is 5.82. The highest BCUT2D eigenvalue weighted by molar-refractivity contribution is 6.29. The van der Waals surface area contributed by atoms with Crippen molar-refractivity contribution in [2.75, 3.05) is 13.2 Å². The molecule has 0 amide bonds. The molecule has 42 heavy (non-hydrogen) atoms. The van der Waals surface area contributed by atoms with Gasteiger partial charge in [-0.25, -0.2) is 0 Å². The molecule has 0 aliphatic rings. The molecule has 4 heteroatoms. The Morgan fingerprint density at radius 2 is 0.929 bits per heavy atom. The number of hydrogen-bond donors (Lipinski definition) is 2. The summed E-state index contributed by atoms with van der Waals surface area (Å²) in [4.78, 5) is 7.56. The van der Waals surface area contributed by atoms with Crippen LogP contribution in [0.2, 0.25) is 0 Å². The molecule has 2 N–H and O–H groups in total. The summed E-state index contributed by atoms with van der Waals surface area (Å²) < 4.78 is 13.2. The number of aromatic amines is 2. The van der Waals surface area contributed by atoms with Crippen molar-refractivity contribution >= 4 is 54.4 Å². The van der Waals surface area contributed by atoms with Crippen LogP contribution in [0.25, 0.3) is 54.4 Å². The molecule has 2 heterocycles. The van der Waals surface area contributed by atoms with Gasteiger partial charge in [0.25, 0.3) is 0 Å². The van der Waals surface area contributed by atoms with Crippen LogP contribution >= 0.6 is 0 Å². The zero-order valence-corrected chi connectivity index (χ0v) is 25.5. The second kappa shape index (κ2) is 13.5. The average molecular weight is 563 g/mol. The summed E-state index contributed by atoms with van der Waals surface area (Å²) in [5.74, 6) is 1.92. The van der Waals surface area contributed by atoms with Crippen LogP contribution in [0.4, 0.5) is 0 Å². The Kier molecular flexibility index (Phi) is 9.18. The Hall–Kier alpha value is -3.66. The molecule has 4 nitrogen and oxygen atoms in total. The van der Waals surface area contributed by atoms with Gasteiger partial charge in [0.2, 0.25) is 0 Å². The molecule has 0 aliphatic carbocycles. The smallest absolute Gasteiger partial charge is 0.129 e. The highest BCUT2D eigenvalue weighted by Crippen LogP contribution is 2.45. The van der Waals surface area contributed by atoms with Crippen LogP contribution in [0.3, 0.4) is 0 Å². The van der Waals surface area contributed by atoms with Crippen LogP contribution in [0.5, 0.6) is 11.5 Å². The first kappa shape index (κ1) is 28.5. The average Bonchev–Trinajstić information content (AvgIpc) is 3.59. The molecular weight excluding hydrogens is 516 g/mol. The van der Waals surface area contributed by atoms with Crippen LogP contribution < -0.4 is 9.47 Å².